The van der Waals surface area contributed by atoms with Crippen LogP contribution in [0.15, 0.2) is 79.1 Å². The molecule has 56 heavy (non-hydrogen) atoms. The maximum atomic E-state index is 5.72. The maximum Gasteiger partial charge on any atom is 0.203 e. The van der Waals surface area contributed by atoms with Crippen LogP contribution in [0.1, 0.15) is 24.0 Å². The van der Waals surface area contributed by atoms with Gasteiger partial charge in [0.1, 0.15) is 11.5 Å². The number of piperidine rings is 1. The molecule has 0 N–H and O–H groups in total. The van der Waals surface area contributed by atoms with E-state index in [4.69, 9.17) is 47.9 Å². The molecule has 5 aromatic rings. The van der Waals surface area contributed by atoms with Gasteiger partial charge < -0.3 is 42.8 Å². The molecule has 0 bridgehead atoms. The molecule has 2 atom stereocenters. The van der Waals surface area contributed by atoms with Crippen molar-refractivity contribution in [2.24, 2.45) is 0 Å². The quantitative estimate of drug-likeness (QED) is 0.0541. The van der Waals surface area contributed by atoms with E-state index in [-0.39, 0.29) is 10.1 Å². The van der Waals surface area contributed by atoms with E-state index in [9.17, 15) is 0 Å². The number of likely N-dealkylation sites (tertiary alicyclic amines) is 1. The first-order valence-corrected chi connectivity index (χ1v) is 19.4. The molecule has 1 fully saturated rings. The van der Waals surface area contributed by atoms with Crippen LogP contribution in [-0.2, 0) is 13.1 Å². The fourth-order valence-corrected chi connectivity index (χ4v) is 8.21. The number of alkyl halides is 1. The summed E-state index contributed by atoms with van der Waals surface area (Å²) in [5.74, 6) is 4.89. The minimum Gasteiger partial charge on any atom is -0.497 e. The third-order valence-electron chi connectivity index (χ3n) is 10.0. The van der Waals surface area contributed by atoms with Gasteiger partial charge in [0.2, 0.25) is 11.5 Å². The molecule has 2 aromatic heterocycles. The molecule has 0 radical (unpaired) electrons. The molecule has 3 aromatic carbocycles. The van der Waals surface area contributed by atoms with E-state index in [0.29, 0.717) is 41.0 Å². The maximum absolute atomic E-state index is 5.72. The highest BCUT2D eigenvalue weighted by Crippen LogP contribution is 2.43. The summed E-state index contributed by atoms with van der Waals surface area (Å²) < 4.78 is 45.3. The molecular formula is C43H49IN4O8. The lowest BCUT2D eigenvalue weighted by molar-refractivity contribution is 0.189. The van der Waals surface area contributed by atoms with Crippen molar-refractivity contribution in [2.75, 3.05) is 68.3 Å². The van der Waals surface area contributed by atoms with E-state index in [1.807, 2.05) is 42.7 Å². The van der Waals surface area contributed by atoms with Crippen molar-refractivity contribution in [3.8, 4) is 68.5 Å². The summed E-state index contributed by atoms with van der Waals surface area (Å²) in [6.45, 7) is 2.34. The zero-order chi connectivity index (χ0) is 39.8. The lowest BCUT2D eigenvalue weighted by Gasteiger charge is -2.43. The number of anilines is 1. The van der Waals surface area contributed by atoms with Gasteiger partial charge in [-0.15, -0.1) is 0 Å². The minimum absolute atomic E-state index is 0.231. The Bertz CT molecular complexity index is 2040. The number of ether oxygens (including phenoxy) is 8. The lowest BCUT2D eigenvalue weighted by atomic mass is 9.99. The first-order valence-electron chi connectivity index (χ1n) is 18.1. The largest absolute Gasteiger partial charge is 0.497 e. The smallest absolute Gasteiger partial charge is 0.203 e. The highest BCUT2D eigenvalue weighted by atomic mass is 127. The Labute approximate surface area is 342 Å². The van der Waals surface area contributed by atoms with Crippen molar-refractivity contribution in [3.63, 3.8) is 0 Å². The van der Waals surface area contributed by atoms with Gasteiger partial charge in [-0.05, 0) is 72.5 Å². The topological polar surface area (TPSA) is 106 Å². The van der Waals surface area contributed by atoms with Crippen LogP contribution in [0.3, 0.4) is 0 Å². The average Bonchev–Trinajstić information content (AvgIpc) is 3.24. The van der Waals surface area contributed by atoms with Gasteiger partial charge in [0, 0.05) is 73.1 Å². The summed E-state index contributed by atoms with van der Waals surface area (Å²) in [5, 5.41) is 0. The number of rotatable bonds is 16. The summed E-state index contributed by atoms with van der Waals surface area (Å²) in [5.41, 5.74) is 6.70. The Balaban J connectivity index is 1.26. The van der Waals surface area contributed by atoms with E-state index in [1.165, 1.54) is 5.56 Å². The monoisotopic (exact) mass is 876 g/mol. The van der Waals surface area contributed by atoms with Gasteiger partial charge in [0.15, 0.2) is 23.0 Å². The van der Waals surface area contributed by atoms with E-state index >= 15 is 0 Å². The van der Waals surface area contributed by atoms with E-state index in [2.05, 4.69) is 68.8 Å². The first kappa shape index (κ1) is 40.5. The first-order chi connectivity index (χ1) is 27.2. The zero-order valence-electron chi connectivity index (χ0n) is 33.1. The molecule has 296 valence electrons. The third kappa shape index (κ3) is 8.94. The van der Waals surface area contributed by atoms with Crippen LogP contribution in [0, 0.1) is 0 Å². The molecule has 0 amide bonds. The molecule has 2 unspecified atom stereocenters. The van der Waals surface area contributed by atoms with Crippen LogP contribution in [0.4, 0.5) is 5.69 Å². The number of benzene rings is 3. The predicted molar refractivity (Wildman–Crippen MR) is 226 cm³/mol. The Morgan fingerprint density at radius 3 is 1.54 bits per heavy atom. The van der Waals surface area contributed by atoms with E-state index in [0.717, 1.165) is 71.2 Å². The molecular weight excluding hydrogens is 827 g/mol. The molecule has 0 spiro atoms. The van der Waals surface area contributed by atoms with Gasteiger partial charge in [0.25, 0.3) is 0 Å². The van der Waals surface area contributed by atoms with Crippen molar-refractivity contribution in [1.82, 2.24) is 14.9 Å². The Kier molecular flexibility index (Phi) is 13.5. The summed E-state index contributed by atoms with van der Waals surface area (Å²) in [4.78, 5) is 14.4. The number of nitrogens with zero attached hydrogens (tertiary/aromatic N) is 4. The highest BCUT2D eigenvalue weighted by molar-refractivity contribution is 14.1. The number of halogens is 1. The predicted octanol–water partition coefficient (Wildman–Crippen LogP) is 8.31. The fourth-order valence-electron chi connectivity index (χ4n) is 7.15. The van der Waals surface area contributed by atoms with Gasteiger partial charge >= 0.3 is 0 Å². The van der Waals surface area contributed by atoms with Crippen LogP contribution in [0.5, 0.6) is 46.0 Å². The molecule has 13 heteroatoms. The van der Waals surface area contributed by atoms with Gasteiger partial charge in [-0.1, -0.05) is 22.6 Å². The summed E-state index contributed by atoms with van der Waals surface area (Å²) in [7, 11) is 13.0. The SMILES string of the molecule is COc1cc(OC)cc(N(Cc2ccnc(-c3cc(OC)c(OC)c(OC)c3)c2)C2CCN(Cc3ccnc(-c4cc(OC)c(OC)c(OC)c4)c3)C(I)C2)c1. The second kappa shape index (κ2) is 18.7. The van der Waals surface area contributed by atoms with Crippen LogP contribution >= 0.6 is 22.6 Å². The molecule has 0 saturated carbocycles. The molecule has 6 rings (SSSR count). The van der Waals surface area contributed by atoms with Crippen LogP contribution in [-0.4, -0.2) is 88.4 Å². The normalized spacial score (nSPS) is 15.4. The average molecular weight is 877 g/mol. The van der Waals surface area contributed by atoms with Crippen molar-refractivity contribution in [2.45, 2.75) is 36.0 Å². The minimum atomic E-state index is 0.231. The number of methoxy groups -OCH3 is 8. The fraction of sp³-hybridized carbons (Fsp3) is 0.349. The van der Waals surface area contributed by atoms with Crippen molar-refractivity contribution >= 4 is 28.3 Å². The number of aromatic nitrogens is 2. The van der Waals surface area contributed by atoms with Gasteiger partial charge in [-0.25, -0.2) is 0 Å². The second-order valence-corrected chi connectivity index (χ2v) is 14.6. The van der Waals surface area contributed by atoms with E-state index < -0.39 is 0 Å². The van der Waals surface area contributed by atoms with Gasteiger partial charge in [0.05, 0.1) is 72.3 Å². The molecule has 1 aliphatic rings. The van der Waals surface area contributed by atoms with Crippen LogP contribution in [0.2, 0.25) is 0 Å². The Morgan fingerprint density at radius 2 is 1.09 bits per heavy atom. The van der Waals surface area contributed by atoms with Crippen molar-refractivity contribution in [1.29, 1.82) is 0 Å². The van der Waals surface area contributed by atoms with Crippen LogP contribution < -0.4 is 42.8 Å². The molecule has 3 heterocycles. The van der Waals surface area contributed by atoms with Crippen molar-refractivity contribution in [3.05, 3.63) is 90.3 Å². The molecule has 0 aliphatic carbocycles. The Hall–Kier alpha value is -5.15. The second-order valence-electron chi connectivity index (χ2n) is 13.2. The summed E-state index contributed by atoms with van der Waals surface area (Å²) >= 11 is 2.59. The number of hydrogen-bond donors (Lipinski definition) is 0. The molecule has 12 nitrogen and oxygen atoms in total. The number of hydrogen-bond acceptors (Lipinski definition) is 12. The third-order valence-corrected chi connectivity index (χ3v) is 11.3. The highest BCUT2D eigenvalue weighted by Gasteiger charge is 2.31. The standard InChI is InChI=1S/C43H49IN4O8/c1-49-33-21-32(22-34(24-33)50-2)48(26-28-10-13-46-36(16-28)30-19-39(53-5)43(56-8)40(20-30)54-6)31-11-14-47(41(44)23-31)25-27-9-12-45-35(15-27)29-17-37(51-3)42(55-7)38(18-29)52-4/h9-10,12-13,15-22,24,31,41H,11,14,23,25-26H2,1-8H3. The molecule has 1 aliphatic heterocycles. The van der Waals surface area contributed by atoms with Crippen molar-refractivity contribution < 1.29 is 37.9 Å². The summed E-state index contributed by atoms with van der Waals surface area (Å²) in [6.07, 6.45) is 5.61. The van der Waals surface area contributed by atoms with Gasteiger partial charge in [-0.2, -0.15) is 0 Å². The Morgan fingerprint density at radius 1 is 0.607 bits per heavy atom. The van der Waals surface area contributed by atoms with E-state index in [1.54, 1.807) is 56.9 Å². The lowest BCUT2D eigenvalue weighted by Crippen LogP contribution is -2.47. The summed E-state index contributed by atoms with van der Waals surface area (Å²) in [6, 6.07) is 22.4. The molecule has 1 saturated heterocycles. The van der Waals surface area contributed by atoms with Gasteiger partial charge in [-0.3, -0.25) is 14.9 Å². The van der Waals surface area contributed by atoms with Crippen LogP contribution in [0.25, 0.3) is 22.5 Å². The zero-order valence-corrected chi connectivity index (χ0v) is 35.3. The number of pyridine rings is 2.